The number of fused-ring (bicyclic) bond motifs is 1. The van der Waals surface area contributed by atoms with E-state index in [2.05, 4.69) is 25.6 Å². The van der Waals surface area contributed by atoms with Crippen molar-refractivity contribution >= 4 is 38.3 Å². The van der Waals surface area contributed by atoms with Crippen LogP contribution in [0.15, 0.2) is 48.9 Å². The van der Waals surface area contributed by atoms with E-state index in [0.717, 1.165) is 16.6 Å². The molecule has 1 saturated heterocycles. The Morgan fingerprint density at radius 2 is 1.85 bits per heavy atom. The second-order valence-electron chi connectivity index (χ2n) is 6.37. The predicted molar refractivity (Wildman–Crippen MR) is 102 cm³/mol. The lowest BCUT2D eigenvalue weighted by Crippen LogP contribution is -2.35. The van der Waals surface area contributed by atoms with Gasteiger partial charge in [0.25, 0.3) is 5.91 Å². The van der Waals surface area contributed by atoms with E-state index in [0.29, 0.717) is 12.4 Å². The molecule has 2 N–H and O–H groups in total. The molecule has 4 rings (SSSR count). The first-order chi connectivity index (χ1) is 13.0. The third-order valence-electron chi connectivity index (χ3n) is 4.36. The van der Waals surface area contributed by atoms with Gasteiger partial charge >= 0.3 is 0 Å². The van der Waals surface area contributed by atoms with Crippen LogP contribution in [0.2, 0.25) is 0 Å². The first-order valence-electron chi connectivity index (χ1n) is 8.44. The van der Waals surface area contributed by atoms with Gasteiger partial charge in [-0.1, -0.05) is 18.2 Å². The molecule has 1 unspecified atom stereocenters. The summed E-state index contributed by atoms with van der Waals surface area (Å²) in [6, 6.07) is 9.22. The van der Waals surface area contributed by atoms with Crippen molar-refractivity contribution in [2.45, 2.75) is 12.5 Å². The number of pyridine rings is 1. The molecule has 2 aromatic heterocycles. The lowest BCUT2D eigenvalue weighted by atomic mass is 10.2. The van der Waals surface area contributed by atoms with Crippen molar-refractivity contribution in [3.63, 3.8) is 0 Å². The number of sulfone groups is 1. The zero-order valence-corrected chi connectivity index (χ0v) is 15.1. The summed E-state index contributed by atoms with van der Waals surface area (Å²) in [6.45, 7) is 0. The molecule has 0 radical (unpaired) electrons. The maximum absolute atomic E-state index is 12.2. The molecule has 0 saturated carbocycles. The second-order valence-corrected chi connectivity index (χ2v) is 8.60. The van der Waals surface area contributed by atoms with Gasteiger partial charge < -0.3 is 10.6 Å². The van der Waals surface area contributed by atoms with Crippen LogP contribution < -0.4 is 10.6 Å². The van der Waals surface area contributed by atoms with Crippen molar-refractivity contribution in [2.24, 2.45) is 0 Å². The minimum atomic E-state index is -3.04. The number of benzene rings is 1. The van der Waals surface area contributed by atoms with Gasteiger partial charge in [0.15, 0.2) is 9.84 Å². The predicted octanol–water partition coefficient (Wildman–Crippen LogP) is 1.69. The highest BCUT2D eigenvalue weighted by molar-refractivity contribution is 7.91. The molecular weight excluding hydrogens is 366 g/mol. The molecule has 3 heterocycles. The zero-order chi connectivity index (χ0) is 18.9. The number of amides is 1. The highest BCUT2D eigenvalue weighted by Gasteiger charge is 2.29. The minimum Gasteiger partial charge on any atom is -0.348 e. The highest BCUT2D eigenvalue weighted by Crippen LogP contribution is 2.22. The number of nitrogens with zero attached hydrogens (tertiary/aromatic N) is 3. The van der Waals surface area contributed by atoms with Crippen molar-refractivity contribution in [3.8, 4) is 0 Å². The van der Waals surface area contributed by atoms with Gasteiger partial charge in [0.05, 0.1) is 28.3 Å². The van der Waals surface area contributed by atoms with Crippen LogP contribution in [-0.2, 0) is 9.84 Å². The molecule has 1 atom stereocenters. The van der Waals surface area contributed by atoms with Crippen LogP contribution in [0.5, 0.6) is 0 Å². The second kappa shape index (κ2) is 6.92. The molecule has 27 heavy (non-hydrogen) atoms. The number of para-hydroxylation sites is 1. The molecule has 1 aliphatic heterocycles. The van der Waals surface area contributed by atoms with E-state index < -0.39 is 9.84 Å². The van der Waals surface area contributed by atoms with Crippen LogP contribution >= 0.6 is 0 Å². The average molecular weight is 383 g/mol. The minimum absolute atomic E-state index is 0.0205. The first kappa shape index (κ1) is 17.3. The van der Waals surface area contributed by atoms with E-state index in [1.54, 1.807) is 6.20 Å². The monoisotopic (exact) mass is 383 g/mol. The Kier molecular flexibility index (Phi) is 4.44. The largest absolute Gasteiger partial charge is 0.348 e. The topological polar surface area (TPSA) is 114 Å². The number of hydrogen-bond acceptors (Lipinski definition) is 7. The maximum atomic E-state index is 12.2. The highest BCUT2D eigenvalue weighted by atomic mass is 32.2. The van der Waals surface area contributed by atoms with Crippen molar-refractivity contribution in [1.29, 1.82) is 0 Å². The Balaban J connectivity index is 1.46. The summed E-state index contributed by atoms with van der Waals surface area (Å²) in [5.41, 5.74) is 1.84. The maximum Gasteiger partial charge on any atom is 0.254 e. The van der Waals surface area contributed by atoms with Gasteiger partial charge in [-0.3, -0.25) is 9.78 Å². The van der Waals surface area contributed by atoms with Gasteiger partial charge in [-0.2, -0.15) is 0 Å². The molecule has 1 aromatic carbocycles. The van der Waals surface area contributed by atoms with Crippen LogP contribution in [0.25, 0.3) is 10.9 Å². The van der Waals surface area contributed by atoms with Crippen LogP contribution in [0.3, 0.4) is 0 Å². The fourth-order valence-corrected chi connectivity index (χ4v) is 4.69. The molecule has 1 amide bonds. The summed E-state index contributed by atoms with van der Waals surface area (Å²) in [6.07, 6.45) is 4.97. The van der Waals surface area contributed by atoms with Gasteiger partial charge in [-0.15, -0.1) is 0 Å². The van der Waals surface area contributed by atoms with E-state index in [1.165, 1.54) is 12.4 Å². The molecule has 3 aromatic rings. The van der Waals surface area contributed by atoms with Crippen LogP contribution in [-0.4, -0.2) is 46.8 Å². The van der Waals surface area contributed by atoms with Gasteiger partial charge in [0.1, 0.15) is 0 Å². The van der Waals surface area contributed by atoms with Crippen LogP contribution in [0.4, 0.5) is 11.6 Å². The van der Waals surface area contributed by atoms with Crippen molar-refractivity contribution < 1.29 is 13.2 Å². The van der Waals surface area contributed by atoms with Gasteiger partial charge in [0.2, 0.25) is 5.95 Å². The number of anilines is 2. The summed E-state index contributed by atoms with van der Waals surface area (Å²) < 4.78 is 23.0. The summed E-state index contributed by atoms with van der Waals surface area (Å²) >= 11 is 0. The van der Waals surface area contributed by atoms with E-state index in [1.807, 2.05) is 30.3 Å². The smallest absolute Gasteiger partial charge is 0.254 e. The number of carbonyl (C=O) groups excluding carboxylic acids is 1. The molecule has 138 valence electrons. The fourth-order valence-electron chi connectivity index (χ4n) is 3.01. The molecular formula is C18H17N5O3S. The van der Waals surface area contributed by atoms with Crippen LogP contribution in [0, 0.1) is 0 Å². The third-order valence-corrected chi connectivity index (χ3v) is 6.13. The van der Waals surface area contributed by atoms with Crippen LogP contribution in [0.1, 0.15) is 16.8 Å². The molecule has 1 fully saturated rings. The Bertz CT molecular complexity index is 1090. The number of aromatic nitrogens is 3. The zero-order valence-electron chi connectivity index (χ0n) is 14.3. The Morgan fingerprint density at radius 3 is 2.59 bits per heavy atom. The fraction of sp³-hybridized carbons (Fsp3) is 0.222. The number of rotatable bonds is 4. The molecule has 1 aliphatic rings. The van der Waals surface area contributed by atoms with Gasteiger partial charge in [-0.25, -0.2) is 18.4 Å². The average Bonchev–Trinajstić information content (AvgIpc) is 3.01. The Labute approximate surface area is 156 Å². The summed E-state index contributed by atoms with van der Waals surface area (Å²) in [5.74, 6) is 0.0487. The lowest BCUT2D eigenvalue weighted by Gasteiger charge is -2.11. The van der Waals surface area contributed by atoms with Crippen molar-refractivity contribution in [1.82, 2.24) is 20.3 Å². The molecule has 9 heteroatoms. The normalized spacial score (nSPS) is 18.3. The number of hydrogen-bond donors (Lipinski definition) is 2. The molecule has 0 bridgehead atoms. The van der Waals surface area contributed by atoms with E-state index in [9.17, 15) is 13.2 Å². The standard InChI is InChI=1S/C18H17N5O3S/c24-17(22-14-6-8-27(25,26)11-14)13-9-20-18(21-10-13)23-15-5-1-3-12-4-2-7-19-16(12)15/h1-5,7,9-10,14H,6,8,11H2,(H,22,24)(H,20,21,23). The summed E-state index contributed by atoms with van der Waals surface area (Å²) in [5, 5.41) is 6.81. The van der Waals surface area contributed by atoms with E-state index in [4.69, 9.17) is 0 Å². The number of carbonyl (C=O) groups is 1. The SMILES string of the molecule is O=C(NC1CCS(=O)(=O)C1)c1cnc(Nc2cccc3cccnc23)nc1. The molecule has 0 aliphatic carbocycles. The summed E-state index contributed by atoms with van der Waals surface area (Å²) in [4.78, 5) is 25.0. The van der Waals surface area contributed by atoms with Crippen molar-refractivity contribution in [3.05, 3.63) is 54.5 Å². The van der Waals surface area contributed by atoms with E-state index >= 15 is 0 Å². The summed E-state index contributed by atoms with van der Waals surface area (Å²) in [7, 11) is -3.04. The lowest BCUT2D eigenvalue weighted by molar-refractivity contribution is 0.0940. The van der Waals surface area contributed by atoms with Crippen molar-refractivity contribution in [2.75, 3.05) is 16.8 Å². The molecule has 8 nitrogen and oxygen atoms in total. The molecule has 0 spiro atoms. The Hall–Kier alpha value is -3.07. The van der Waals surface area contributed by atoms with Gasteiger partial charge in [-0.05, 0) is 18.6 Å². The number of nitrogens with one attached hydrogen (secondary N) is 2. The third kappa shape index (κ3) is 3.87. The quantitative estimate of drug-likeness (QED) is 0.704. The van der Waals surface area contributed by atoms with E-state index in [-0.39, 0.29) is 29.0 Å². The first-order valence-corrected chi connectivity index (χ1v) is 10.3. The Morgan fingerprint density at radius 1 is 1.07 bits per heavy atom. The van der Waals surface area contributed by atoms with Gasteiger partial charge in [0, 0.05) is 30.0 Å².